The third kappa shape index (κ3) is 2.50. The lowest BCUT2D eigenvalue weighted by molar-refractivity contribution is 0.454. The first kappa shape index (κ1) is 14.1. The predicted octanol–water partition coefficient (Wildman–Crippen LogP) is 5.92. The summed E-state index contributed by atoms with van der Waals surface area (Å²) in [6.45, 7) is 8.91. The zero-order valence-corrected chi connectivity index (χ0v) is 13.8. The molecule has 0 bridgehead atoms. The number of thioether (sulfide) groups is 1. The summed E-state index contributed by atoms with van der Waals surface area (Å²) >= 11 is 2.04. The minimum absolute atomic E-state index is 0.531. The minimum Gasteiger partial charge on any atom is -0.464 e. The van der Waals surface area contributed by atoms with Crippen LogP contribution in [0.1, 0.15) is 69.3 Å². The second-order valence-electron chi connectivity index (χ2n) is 6.43. The van der Waals surface area contributed by atoms with Gasteiger partial charge in [0, 0.05) is 17.7 Å². The van der Waals surface area contributed by atoms with Crippen LogP contribution >= 0.6 is 11.8 Å². The van der Waals surface area contributed by atoms with E-state index >= 15 is 0 Å². The van der Waals surface area contributed by atoms with Crippen LogP contribution in [0, 0.1) is 0 Å². The molecular formula is C18H24OS. The van der Waals surface area contributed by atoms with Gasteiger partial charge in [0.2, 0.25) is 0 Å². The summed E-state index contributed by atoms with van der Waals surface area (Å²) in [5.74, 6) is 3.61. The Morgan fingerprint density at radius 3 is 2.60 bits per heavy atom. The van der Waals surface area contributed by atoms with Crippen molar-refractivity contribution in [1.29, 1.82) is 0 Å². The van der Waals surface area contributed by atoms with Crippen LogP contribution in [0.25, 0.3) is 5.57 Å². The van der Waals surface area contributed by atoms with E-state index in [1.165, 1.54) is 58.8 Å². The molecule has 2 aliphatic rings. The molecule has 1 aromatic rings. The second-order valence-corrected chi connectivity index (χ2v) is 7.62. The SMILES string of the molecule is CC(C)=C1CSC(c2cc3c(o2)CCCC3=C(C)C)C1. The van der Waals surface area contributed by atoms with Gasteiger partial charge in [-0.05, 0) is 58.6 Å². The Labute approximate surface area is 126 Å². The van der Waals surface area contributed by atoms with E-state index in [4.69, 9.17) is 4.42 Å². The van der Waals surface area contributed by atoms with Gasteiger partial charge >= 0.3 is 0 Å². The summed E-state index contributed by atoms with van der Waals surface area (Å²) in [6.07, 6.45) is 4.73. The maximum absolute atomic E-state index is 6.22. The van der Waals surface area contributed by atoms with Crippen LogP contribution in [0.15, 0.2) is 27.2 Å². The Hall–Kier alpha value is -0.890. The average Bonchev–Trinajstić information content (AvgIpc) is 3.04. The summed E-state index contributed by atoms with van der Waals surface area (Å²) < 4.78 is 6.22. The standard InChI is InChI=1S/C18H24OS/c1-11(2)13-8-18(20-10-13)17-9-15-14(12(3)4)6-5-7-16(15)19-17/h9,18H,5-8,10H2,1-4H3. The highest BCUT2D eigenvalue weighted by Crippen LogP contribution is 2.46. The van der Waals surface area contributed by atoms with Gasteiger partial charge in [-0.25, -0.2) is 0 Å². The fourth-order valence-electron chi connectivity index (χ4n) is 3.20. The highest BCUT2D eigenvalue weighted by Gasteiger charge is 2.28. The van der Waals surface area contributed by atoms with Crippen LogP contribution in [0.3, 0.4) is 0 Å². The Bertz CT molecular complexity index is 581. The Morgan fingerprint density at radius 1 is 1.15 bits per heavy atom. The monoisotopic (exact) mass is 288 g/mol. The molecule has 1 aliphatic carbocycles. The van der Waals surface area contributed by atoms with Crippen LogP contribution < -0.4 is 0 Å². The largest absolute Gasteiger partial charge is 0.464 e. The predicted molar refractivity (Wildman–Crippen MR) is 88.1 cm³/mol. The normalized spacial score (nSPS) is 22.1. The first-order valence-electron chi connectivity index (χ1n) is 7.62. The lowest BCUT2D eigenvalue weighted by Gasteiger charge is -2.15. The number of aryl methyl sites for hydroxylation is 1. The summed E-state index contributed by atoms with van der Waals surface area (Å²) in [4.78, 5) is 0. The van der Waals surface area contributed by atoms with Crippen molar-refractivity contribution in [3.05, 3.63) is 39.9 Å². The molecule has 1 fully saturated rings. The topological polar surface area (TPSA) is 13.1 Å². The lowest BCUT2D eigenvalue weighted by Crippen LogP contribution is -1.99. The zero-order chi connectivity index (χ0) is 14.3. The third-order valence-corrected chi connectivity index (χ3v) is 5.82. The van der Waals surface area contributed by atoms with E-state index in [0.717, 1.165) is 6.42 Å². The molecule has 1 aliphatic heterocycles. The van der Waals surface area contributed by atoms with Crippen molar-refractivity contribution in [2.75, 3.05) is 5.75 Å². The van der Waals surface area contributed by atoms with Crippen molar-refractivity contribution in [2.24, 2.45) is 0 Å². The lowest BCUT2D eigenvalue weighted by atomic mass is 9.90. The summed E-state index contributed by atoms with van der Waals surface area (Å²) in [5, 5.41) is 0.531. The quantitative estimate of drug-likeness (QED) is 0.595. The van der Waals surface area contributed by atoms with Gasteiger partial charge in [-0.1, -0.05) is 16.7 Å². The number of rotatable bonds is 1. The van der Waals surface area contributed by atoms with Gasteiger partial charge in [0.1, 0.15) is 11.5 Å². The van der Waals surface area contributed by atoms with E-state index in [2.05, 4.69) is 33.8 Å². The van der Waals surface area contributed by atoms with E-state index in [9.17, 15) is 0 Å². The zero-order valence-electron chi connectivity index (χ0n) is 13.0. The second kappa shape index (κ2) is 5.48. The van der Waals surface area contributed by atoms with Gasteiger partial charge < -0.3 is 4.42 Å². The molecule has 0 spiro atoms. The Kier molecular flexibility index (Phi) is 3.85. The van der Waals surface area contributed by atoms with Crippen molar-refractivity contribution < 1.29 is 4.42 Å². The van der Waals surface area contributed by atoms with Gasteiger partial charge in [-0.2, -0.15) is 0 Å². The van der Waals surface area contributed by atoms with Gasteiger partial charge in [0.25, 0.3) is 0 Å². The molecule has 2 heterocycles. The maximum atomic E-state index is 6.22. The molecule has 108 valence electrons. The molecule has 1 aromatic heterocycles. The molecule has 0 amide bonds. The highest BCUT2D eigenvalue weighted by molar-refractivity contribution is 8.00. The van der Waals surface area contributed by atoms with Gasteiger partial charge in [0.05, 0.1) is 5.25 Å². The number of hydrogen-bond donors (Lipinski definition) is 0. The molecule has 0 radical (unpaired) electrons. The fourth-order valence-corrected chi connectivity index (χ4v) is 4.61. The maximum Gasteiger partial charge on any atom is 0.118 e. The average molecular weight is 288 g/mol. The van der Waals surface area contributed by atoms with Crippen molar-refractivity contribution in [3.8, 4) is 0 Å². The van der Waals surface area contributed by atoms with E-state index in [-0.39, 0.29) is 0 Å². The molecule has 3 rings (SSSR count). The third-order valence-electron chi connectivity index (χ3n) is 4.50. The van der Waals surface area contributed by atoms with Crippen LogP contribution in [-0.2, 0) is 6.42 Å². The van der Waals surface area contributed by atoms with Crippen molar-refractivity contribution >= 4 is 17.3 Å². The molecule has 0 N–H and O–H groups in total. The van der Waals surface area contributed by atoms with Crippen LogP contribution in [0.5, 0.6) is 0 Å². The molecule has 1 unspecified atom stereocenters. The Morgan fingerprint density at radius 2 is 1.95 bits per heavy atom. The van der Waals surface area contributed by atoms with E-state index in [1.54, 1.807) is 5.57 Å². The summed E-state index contributed by atoms with van der Waals surface area (Å²) in [5.41, 5.74) is 7.46. The number of hydrogen-bond acceptors (Lipinski definition) is 2. The van der Waals surface area contributed by atoms with E-state index < -0.39 is 0 Å². The molecular weight excluding hydrogens is 264 g/mol. The molecule has 1 saturated heterocycles. The molecule has 20 heavy (non-hydrogen) atoms. The van der Waals surface area contributed by atoms with Gasteiger partial charge in [-0.15, -0.1) is 11.8 Å². The Balaban J connectivity index is 1.91. The summed E-state index contributed by atoms with van der Waals surface area (Å²) in [7, 11) is 0. The van der Waals surface area contributed by atoms with Gasteiger partial charge in [0.15, 0.2) is 0 Å². The van der Waals surface area contributed by atoms with Gasteiger partial charge in [-0.3, -0.25) is 0 Å². The number of furan rings is 1. The smallest absolute Gasteiger partial charge is 0.118 e. The van der Waals surface area contributed by atoms with E-state index in [1.807, 2.05) is 11.8 Å². The highest BCUT2D eigenvalue weighted by atomic mass is 32.2. The number of fused-ring (bicyclic) bond motifs is 1. The minimum atomic E-state index is 0.531. The van der Waals surface area contributed by atoms with Crippen LogP contribution in [0.4, 0.5) is 0 Å². The molecule has 0 aromatic carbocycles. The molecule has 0 saturated carbocycles. The molecule has 1 nitrogen and oxygen atoms in total. The first-order chi connectivity index (χ1) is 9.56. The fraction of sp³-hybridized carbons (Fsp3) is 0.556. The summed E-state index contributed by atoms with van der Waals surface area (Å²) in [6, 6.07) is 2.34. The van der Waals surface area contributed by atoms with Crippen molar-refractivity contribution in [2.45, 2.75) is 58.6 Å². The first-order valence-corrected chi connectivity index (χ1v) is 8.67. The van der Waals surface area contributed by atoms with Crippen LogP contribution in [-0.4, -0.2) is 5.75 Å². The molecule has 1 atom stereocenters. The molecule has 2 heteroatoms. The number of allylic oxidation sites excluding steroid dienone is 3. The van der Waals surface area contributed by atoms with E-state index in [0.29, 0.717) is 5.25 Å². The van der Waals surface area contributed by atoms with Crippen molar-refractivity contribution in [1.82, 2.24) is 0 Å². The van der Waals surface area contributed by atoms with Crippen molar-refractivity contribution in [3.63, 3.8) is 0 Å². The van der Waals surface area contributed by atoms with Crippen LogP contribution in [0.2, 0.25) is 0 Å².